The fourth-order valence-corrected chi connectivity index (χ4v) is 2.43. The molecule has 0 radical (unpaired) electrons. The number of carbonyl (C=O) groups excluding carboxylic acids is 1. The van der Waals surface area contributed by atoms with Crippen molar-refractivity contribution in [2.45, 2.75) is 19.9 Å². The molecule has 0 N–H and O–H groups in total. The number of rotatable bonds is 4. The fourth-order valence-electron chi connectivity index (χ4n) is 2.43. The summed E-state index contributed by atoms with van der Waals surface area (Å²) in [6.07, 6.45) is 6.30. The fraction of sp³-hybridized carbons (Fsp3) is 0.429. The van der Waals surface area contributed by atoms with Crippen LogP contribution in [0.15, 0.2) is 35.3 Å². The van der Waals surface area contributed by atoms with Crippen molar-refractivity contribution in [3.05, 3.63) is 42.1 Å². The van der Waals surface area contributed by atoms with Gasteiger partial charge in [-0.05, 0) is 37.0 Å². The molecule has 2 aromatic rings. The molecule has 19 heavy (non-hydrogen) atoms. The standard InChI is InChI=1S/C14H17N3O2/c1-11-2-4-17(15-11)9-14(18)16-7-13(8-16)6-12-3-5-19-10-12/h2-5,10,13H,6-9H2,1H3. The van der Waals surface area contributed by atoms with Crippen LogP contribution >= 0.6 is 0 Å². The lowest BCUT2D eigenvalue weighted by Crippen LogP contribution is -2.51. The lowest BCUT2D eigenvalue weighted by atomic mass is 9.93. The monoisotopic (exact) mass is 259 g/mol. The van der Waals surface area contributed by atoms with E-state index in [2.05, 4.69) is 5.10 Å². The first-order valence-corrected chi connectivity index (χ1v) is 6.49. The first-order chi connectivity index (χ1) is 9.20. The van der Waals surface area contributed by atoms with Gasteiger partial charge in [-0.2, -0.15) is 5.10 Å². The molecule has 1 saturated heterocycles. The van der Waals surface area contributed by atoms with E-state index in [1.54, 1.807) is 17.2 Å². The molecule has 0 unspecified atom stereocenters. The van der Waals surface area contributed by atoms with Crippen molar-refractivity contribution in [3.63, 3.8) is 0 Å². The zero-order valence-corrected chi connectivity index (χ0v) is 11.0. The number of hydrogen-bond donors (Lipinski definition) is 0. The smallest absolute Gasteiger partial charge is 0.244 e. The highest BCUT2D eigenvalue weighted by atomic mass is 16.3. The normalized spacial score (nSPS) is 15.5. The number of amides is 1. The van der Waals surface area contributed by atoms with Crippen molar-refractivity contribution in [2.24, 2.45) is 5.92 Å². The molecule has 1 fully saturated rings. The Balaban J connectivity index is 1.46. The van der Waals surface area contributed by atoms with E-state index in [1.807, 2.05) is 30.2 Å². The highest BCUT2D eigenvalue weighted by Crippen LogP contribution is 2.21. The molecule has 1 aliphatic heterocycles. The van der Waals surface area contributed by atoms with Crippen LogP contribution in [0.4, 0.5) is 0 Å². The third kappa shape index (κ3) is 2.70. The molecule has 3 rings (SSSR count). The number of nitrogens with zero attached hydrogens (tertiary/aromatic N) is 3. The van der Waals surface area contributed by atoms with E-state index in [-0.39, 0.29) is 5.91 Å². The van der Waals surface area contributed by atoms with Gasteiger partial charge in [0.25, 0.3) is 0 Å². The minimum Gasteiger partial charge on any atom is -0.472 e. The summed E-state index contributed by atoms with van der Waals surface area (Å²) in [5.41, 5.74) is 2.15. The van der Waals surface area contributed by atoms with Crippen molar-refractivity contribution in [3.8, 4) is 0 Å². The highest BCUT2D eigenvalue weighted by Gasteiger charge is 2.30. The van der Waals surface area contributed by atoms with Gasteiger partial charge >= 0.3 is 0 Å². The van der Waals surface area contributed by atoms with Gasteiger partial charge in [-0.3, -0.25) is 9.48 Å². The van der Waals surface area contributed by atoms with Crippen LogP contribution in [-0.4, -0.2) is 33.7 Å². The number of hydrogen-bond acceptors (Lipinski definition) is 3. The third-order valence-electron chi connectivity index (χ3n) is 3.49. The Hall–Kier alpha value is -2.04. The van der Waals surface area contributed by atoms with Gasteiger partial charge in [-0.15, -0.1) is 0 Å². The van der Waals surface area contributed by atoms with E-state index in [9.17, 15) is 4.79 Å². The Kier molecular flexibility index (Phi) is 3.11. The molecule has 0 aliphatic carbocycles. The van der Waals surface area contributed by atoms with Crippen LogP contribution in [0.1, 0.15) is 11.3 Å². The highest BCUT2D eigenvalue weighted by molar-refractivity contribution is 5.76. The minimum absolute atomic E-state index is 0.145. The van der Waals surface area contributed by atoms with Crippen molar-refractivity contribution >= 4 is 5.91 Å². The summed E-state index contributed by atoms with van der Waals surface area (Å²) in [5.74, 6) is 0.701. The Morgan fingerprint density at radius 2 is 2.32 bits per heavy atom. The Labute approximate surface area is 111 Å². The molecule has 0 atom stereocenters. The summed E-state index contributed by atoms with van der Waals surface area (Å²) in [6.45, 7) is 3.94. The minimum atomic E-state index is 0.145. The second kappa shape index (κ2) is 4.91. The molecule has 3 heterocycles. The topological polar surface area (TPSA) is 51.3 Å². The lowest BCUT2D eigenvalue weighted by molar-refractivity contribution is -0.138. The van der Waals surface area contributed by atoms with Crippen LogP contribution in [0.25, 0.3) is 0 Å². The van der Waals surface area contributed by atoms with Crippen molar-refractivity contribution in [1.29, 1.82) is 0 Å². The van der Waals surface area contributed by atoms with Gasteiger partial charge < -0.3 is 9.32 Å². The maximum absolute atomic E-state index is 12.0. The summed E-state index contributed by atoms with van der Waals surface area (Å²) in [7, 11) is 0. The van der Waals surface area contributed by atoms with Crippen LogP contribution in [-0.2, 0) is 17.8 Å². The van der Waals surface area contributed by atoms with Gasteiger partial charge in [0, 0.05) is 19.3 Å². The molecular weight excluding hydrogens is 242 g/mol. The van der Waals surface area contributed by atoms with Gasteiger partial charge in [0.15, 0.2) is 0 Å². The summed E-state index contributed by atoms with van der Waals surface area (Å²) in [6, 6.07) is 3.89. The van der Waals surface area contributed by atoms with Crippen LogP contribution < -0.4 is 0 Å². The van der Waals surface area contributed by atoms with Gasteiger partial charge in [-0.1, -0.05) is 0 Å². The summed E-state index contributed by atoms with van der Waals surface area (Å²) >= 11 is 0. The Morgan fingerprint density at radius 1 is 1.47 bits per heavy atom. The van der Waals surface area contributed by atoms with Crippen molar-refractivity contribution < 1.29 is 9.21 Å². The number of furan rings is 1. The molecule has 0 bridgehead atoms. The SMILES string of the molecule is Cc1ccn(CC(=O)N2CC(Cc3ccoc3)C2)n1. The zero-order chi connectivity index (χ0) is 13.2. The van der Waals surface area contributed by atoms with Crippen LogP contribution in [0.5, 0.6) is 0 Å². The molecular formula is C14H17N3O2. The average Bonchev–Trinajstić information content (AvgIpc) is 2.94. The molecule has 100 valence electrons. The van der Waals surface area contributed by atoms with E-state index in [0.29, 0.717) is 12.5 Å². The molecule has 5 nitrogen and oxygen atoms in total. The van der Waals surface area contributed by atoms with Gasteiger partial charge in [-0.25, -0.2) is 0 Å². The maximum Gasteiger partial charge on any atom is 0.244 e. The summed E-state index contributed by atoms with van der Waals surface area (Å²) < 4.78 is 6.74. The second-order valence-electron chi connectivity index (χ2n) is 5.16. The van der Waals surface area contributed by atoms with Gasteiger partial charge in [0.2, 0.25) is 5.91 Å². The third-order valence-corrected chi connectivity index (χ3v) is 3.49. The van der Waals surface area contributed by atoms with Gasteiger partial charge in [0.05, 0.1) is 18.2 Å². The number of carbonyl (C=O) groups is 1. The van der Waals surface area contributed by atoms with E-state index in [4.69, 9.17) is 4.42 Å². The van der Waals surface area contributed by atoms with Crippen molar-refractivity contribution in [2.75, 3.05) is 13.1 Å². The molecule has 2 aromatic heterocycles. The van der Waals surface area contributed by atoms with E-state index < -0.39 is 0 Å². The molecule has 0 spiro atoms. The molecule has 1 amide bonds. The largest absolute Gasteiger partial charge is 0.472 e. The van der Waals surface area contributed by atoms with E-state index in [0.717, 1.165) is 25.2 Å². The predicted molar refractivity (Wildman–Crippen MR) is 69.4 cm³/mol. The molecule has 0 saturated carbocycles. The average molecular weight is 259 g/mol. The summed E-state index contributed by atoms with van der Waals surface area (Å²) in [5, 5.41) is 4.23. The first-order valence-electron chi connectivity index (χ1n) is 6.49. The molecule has 1 aliphatic rings. The van der Waals surface area contributed by atoms with Gasteiger partial charge in [0.1, 0.15) is 6.54 Å². The van der Waals surface area contributed by atoms with Crippen LogP contribution in [0.3, 0.4) is 0 Å². The molecule has 5 heteroatoms. The molecule has 0 aromatic carbocycles. The predicted octanol–water partition coefficient (Wildman–Crippen LogP) is 1.49. The first kappa shape index (κ1) is 12.0. The lowest BCUT2D eigenvalue weighted by Gasteiger charge is -2.39. The van der Waals surface area contributed by atoms with Crippen LogP contribution in [0, 0.1) is 12.8 Å². The maximum atomic E-state index is 12.0. The van der Waals surface area contributed by atoms with Crippen molar-refractivity contribution in [1.82, 2.24) is 14.7 Å². The number of likely N-dealkylation sites (tertiary alicyclic amines) is 1. The van der Waals surface area contributed by atoms with Crippen LogP contribution in [0.2, 0.25) is 0 Å². The second-order valence-corrected chi connectivity index (χ2v) is 5.16. The Bertz CT molecular complexity index is 553. The number of aryl methyl sites for hydroxylation is 1. The Morgan fingerprint density at radius 3 is 2.95 bits per heavy atom. The van der Waals surface area contributed by atoms with E-state index in [1.165, 1.54) is 5.56 Å². The van der Waals surface area contributed by atoms with E-state index >= 15 is 0 Å². The summed E-state index contributed by atoms with van der Waals surface area (Å²) in [4.78, 5) is 13.9. The quantitative estimate of drug-likeness (QED) is 0.835. The zero-order valence-electron chi connectivity index (χ0n) is 11.0. The number of aromatic nitrogens is 2.